The normalized spacial score (nSPS) is 10.1. The lowest BCUT2D eigenvalue weighted by Gasteiger charge is -2.20. The van der Waals surface area contributed by atoms with Gasteiger partial charge in [0.1, 0.15) is 6.61 Å². The second-order valence-electron chi connectivity index (χ2n) is 3.48. The second-order valence-corrected chi connectivity index (χ2v) is 3.48. The number of hydrogen-bond donors (Lipinski definition) is 2. The van der Waals surface area contributed by atoms with Gasteiger partial charge in [-0.3, -0.25) is 9.59 Å². The Labute approximate surface area is 95.9 Å². The van der Waals surface area contributed by atoms with Crippen LogP contribution in [0, 0.1) is 0 Å². The lowest BCUT2D eigenvalue weighted by atomic mass is 10.3. The zero-order valence-electron chi connectivity index (χ0n) is 9.78. The Balaban J connectivity index is 4.04. The highest BCUT2D eigenvalue weighted by Crippen LogP contribution is 1.96. The molecule has 0 aromatic carbocycles. The molecule has 0 fully saturated rings. The van der Waals surface area contributed by atoms with Gasteiger partial charge in [-0.15, -0.1) is 0 Å². The highest BCUT2D eigenvalue weighted by Gasteiger charge is 2.14. The Morgan fingerprint density at radius 3 is 2.56 bits per heavy atom. The van der Waals surface area contributed by atoms with Gasteiger partial charge in [-0.25, -0.2) is 0 Å². The monoisotopic (exact) mass is 231 g/mol. The van der Waals surface area contributed by atoms with Gasteiger partial charge in [-0.1, -0.05) is 13.3 Å². The van der Waals surface area contributed by atoms with Crippen LogP contribution in [0.15, 0.2) is 0 Å². The van der Waals surface area contributed by atoms with E-state index < -0.39 is 5.91 Å². The number of ether oxygens (including phenoxy) is 1. The zero-order valence-corrected chi connectivity index (χ0v) is 9.78. The van der Waals surface area contributed by atoms with E-state index >= 15 is 0 Å². The molecule has 0 spiro atoms. The zero-order chi connectivity index (χ0) is 12.4. The molecule has 16 heavy (non-hydrogen) atoms. The van der Waals surface area contributed by atoms with Gasteiger partial charge in [0.05, 0.1) is 13.2 Å². The van der Waals surface area contributed by atoms with Crippen molar-refractivity contribution in [1.82, 2.24) is 4.90 Å². The largest absolute Gasteiger partial charge is 0.370 e. The van der Waals surface area contributed by atoms with Crippen LogP contribution in [-0.2, 0) is 14.3 Å². The van der Waals surface area contributed by atoms with E-state index in [2.05, 4.69) is 0 Å². The predicted octanol–water partition coefficient (Wildman–Crippen LogP) is -0.924. The summed E-state index contributed by atoms with van der Waals surface area (Å²) in [6.45, 7) is 3.16. The third-order valence-electron chi connectivity index (χ3n) is 1.97. The number of unbranched alkanes of at least 4 members (excludes halogenated alkanes) is 1. The molecule has 0 saturated carbocycles. The number of primary amides is 1. The number of amides is 2. The van der Waals surface area contributed by atoms with E-state index in [9.17, 15) is 9.59 Å². The van der Waals surface area contributed by atoms with Crippen molar-refractivity contribution in [3.8, 4) is 0 Å². The molecule has 0 aliphatic rings. The SMILES string of the molecule is CCCCN(CC(N)=O)C(=O)COCCN. The summed E-state index contributed by atoms with van der Waals surface area (Å²) in [5.74, 6) is -0.732. The molecule has 0 saturated heterocycles. The van der Waals surface area contributed by atoms with Crippen LogP contribution in [0.1, 0.15) is 19.8 Å². The van der Waals surface area contributed by atoms with Crippen molar-refractivity contribution in [2.75, 3.05) is 32.8 Å². The van der Waals surface area contributed by atoms with Crippen LogP contribution < -0.4 is 11.5 Å². The van der Waals surface area contributed by atoms with Crippen LogP contribution >= 0.6 is 0 Å². The van der Waals surface area contributed by atoms with E-state index in [1.165, 1.54) is 4.90 Å². The van der Waals surface area contributed by atoms with Gasteiger partial charge in [0, 0.05) is 13.1 Å². The number of nitrogens with two attached hydrogens (primary N) is 2. The van der Waals surface area contributed by atoms with Gasteiger partial charge in [0.25, 0.3) is 0 Å². The van der Waals surface area contributed by atoms with Crippen molar-refractivity contribution in [2.24, 2.45) is 11.5 Å². The van der Waals surface area contributed by atoms with Crippen LogP contribution in [0.2, 0.25) is 0 Å². The Morgan fingerprint density at radius 1 is 1.38 bits per heavy atom. The quantitative estimate of drug-likeness (QED) is 0.501. The van der Waals surface area contributed by atoms with Gasteiger partial charge in [-0.05, 0) is 6.42 Å². The molecular weight excluding hydrogens is 210 g/mol. The average molecular weight is 231 g/mol. The van der Waals surface area contributed by atoms with Crippen molar-refractivity contribution < 1.29 is 14.3 Å². The molecule has 0 aliphatic carbocycles. The fourth-order valence-electron chi connectivity index (χ4n) is 1.16. The Hall–Kier alpha value is -1.14. The van der Waals surface area contributed by atoms with Gasteiger partial charge >= 0.3 is 0 Å². The first-order chi connectivity index (χ1) is 7.61. The Kier molecular flexibility index (Phi) is 8.46. The second kappa shape index (κ2) is 9.11. The molecule has 0 unspecified atom stereocenters. The van der Waals surface area contributed by atoms with Crippen LogP contribution in [0.3, 0.4) is 0 Å². The number of carbonyl (C=O) groups is 2. The number of carbonyl (C=O) groups excluding carboxylic acids is 2. The molecule has 94 valence electrons. The summed E-state index contributed by atoms with van der Waals surface area (Å²) in [6.07, 6.45) is 1.79. The molecular formula is C10H21N3O3. The topological polar surface area (TPSA) is 98.6 Å². The fourth-order valence-corrected chi connectivity index (χ4v) is 1.16. The summed E-state index contributed by atoms with van der Waals surface area (Å²) >= 11 is 0. The van der Waals surface area contributed by atoms with E-state index in [1.807, 2.05) is 6.92 Å². The first-order valence-electron chi connectivity index (χ1n) is 5.45. The van der Waals surface area contributed by atoms with Crippen molar-refractivity contribution >= 4 is 11.8 Å². The van der Waals surface area contributed by atoms with Crippen LogP contribution in [0.25, 0.3) is 0 Å². The Bertz CT molecular complexity index is 221. The minimum Gasteiger partial charge on any atom is -0.370 e. The number of hydrogen-bond acceptors (Lipinski definition) is 4. The predicted molar refractivity (Wildman–Crippen MR) is 60.6 cm³/mol. The van der Waals surface area contributed by atoms with Crippen molar-refractivity contribution in [3.63, 3.8) is 0 Å². The lowest BCUT2D eigenvalue weighted by Crippen LogP contribution is -2.41. The summed E-state index contributed by atoms with van der Waals surface area (Å²) in [6, 6.07) is 0. The number of rotatable bonds is 9. The van der Waals surface area contributed by atoms with Crippen molar-refractivity contribution in [2.45, 2.75) is 19.8 Å². The third-order valence-corrected chi connectivity index (χ3v) is 1.97. The molecule has 2 amide bonds. The average Bonchev–Trinajstić information content (AvgIpc) is 2.23. The lowest BCUT2D eigenvalue weighted by molar-refractivity contribution is -0.139. The van der Waals surface area contributed by atoms with Crippen molar-refractivity contribution in [1.29, 1.82) is 0 Å². The minimum absolute atomic E-state index is 0.0474. The van der Waals surface area contributed by atoms with E-state index in [0.29, 0.717) is 19.7 Å². The minimum atomic E-state index is -0.511. The molecule has 0 atom stereocenters. The molecule has 0 aromatic rings. The smallest absolute Gasteiger partial charge is 0.249 e. The number of nitrogens with zero attached hydrogens (tertiary/aromatic N) is 1. The fraction of sp³-hybridized carbons (Fsp3) is 0.800. The van der Waals surface area contributed by atoms with Gasteiger partial charge in [0.15, 0.2) is 0 Å². The maximum Gasteiger partial charge on any atom is 0.249 e. The van der Waals surface area contributed by atoms with E-state index in [4.69, 9.17) is 16.2 Å². The van der Waals surface area contributed by atoms with Gasteiger partial charge < -0.3 is 21.1 Å². The Morgan fingerprint density at radius 2 is 2.06 bits per heavy atom. The van der Waals surface area contributed by atoms with E-state index in [1.54, 1.807) is 0 Å². The highest BCUT2D eigenvalue weighted by molar-refractivity contribution is 5.84. The maximum atomic E-state index is 11.6. The third kappa shape index (κ3) is 7.19. The summed E-state index contributed by atoms with van der Waals surface area (Å²) in [4.78, 5) is 23.8. The van der Waals surface area contributed by atoms with Crippen LogP contribution in [0.4, 0.5) is 0 Å². The summed E-state index contributed by atoms with van der Waals surface area (Å²) < 4.78 is 5.02. The molecule has 0 bridgehead atoms. The summed E-state index contributed by atoms with van der Waals surface area (Å²) in [7, 11) is 0. The highest BCUT2D eigenvalue weighted by atomic mass is 16.5. The molecule has 0 aromatic heterocycles. The molecule has 0 rings (SSSR count). The van der Waals surface area contributed by atoms with Gasteiger partial charge in [0.2, 0.25) is 11.8 Å². The first kappa shape index (κ1) is 14.9. The van der Waals surface area contributed by atoms with Gasteiger partial charge in [-0.2, -0.15) is 0 Å². The molecule has 4 N–H and O–H groups in total. The van der Waals surface area contributed by atoms with E-state index in [-0.39, 0.29) is 19.1 Å². The molecule has 6 nitrogen and oxygen atoms in total. The van der Waals surface area contributed by atoms with E-state index in [0.717, 1.165) is 12.8 Å². The van der Waals surface area contributed by atoms with Crippen molar-refractivity contribution in [3.05, 3.63) is 0 Å². The molecule has 0 aliphatic heterocycles. The van der Waals surface area contributed by atoms with Crippen LogP contribution in [-0.4, -0.2) is 49.6 Å². The molecule has 6 heteroatoms. The summed E-state index contributed by atoms with van der Waals surface area (Å²) in [5, 5.41) is 0. The summed E-state index contributed by atoms with van der Waals surface area (Å²) in [5.41, 5.74) is 10.3. The molecule has 0 radical (unpaired) electrons. The maximum absolute atomic E-state index is 11.6. The van der Waals surface area contributed by atoms with Crippen LogP contribution in [0.5, 0.6) is 0 Å². The standard InChI is InChI=1S/C10H21N3O3/c1-2-3-5-13(7-9(12)14)10(15)8-16-6-4-11/h2-8,11H2,1H3,(H2,12,14). The molecule has 0 heterocycles. The first-order valence-corrected chi connectivity index (χ1v) is 5.45.